The van der Waals surface area contributed by atoms with Gasteiger partial charge in [0.2, 0.25) is 5.75 Å². The molecule has 0 aliphatic carbocycles. The molecule has 2 aliphatic rings. The number of carbonyl (C=O) groups is 2. The normalized spacial score (nSPS) is 16.9. The lowest BCUT2D eigenvalue weighted by Gasteiger charge is -2.40. The zero-order valence-corrected chi connectivity index (χ0v) is 22.0. The zero-order chi connectivity index (χ0) is 26.3. The fourth-order valence-corrected chi connectivity index (χ4v) is 4.98. The number of aromatic nitrogens is 2. The molecular formula is C23H28ClN5O6S. The van der Waals surface area contributed by atoms with Gasteiger partial charge in [0.25, 0.3) is 5.91 Å². The molecule has 1 aromatic heterocycles. The molecule has 11 nitrogen and oxygen atoms in total. The smallest absolute Gasteiger partial charge is 0.410 e. The van der Waals surface area contributed by atoms with Gasteiger partial charge in [-0.15, -0.1) is 0 Å². The molecule has 0 radical (unpaired) electrons. The highest BCUT2D eigenvalue weighted by Gasteiger charge is 2.37. The lowest BCUT2D eigenvalue weighted by molar-refractivity contribution is -0.122. The van der Waals surface area contributed by atoms with Crippen LogP contribution in [0.25, 0.3) is 0 Å². The van der Waals surface area contributed by atoms with Gasteiger partial charge in [0.15, 0.2) is 28.1 Å². The van der Waals surface area contributed by atoms with Crippen molar-refractivity contribution in [3.8, 4) is 5.75 Å². The third-order valence-corrected chi connectivity index (χ3v) is 7.15. The van der Waals surface area contributed by atoms with Crippen molar-refractivity contribution in [1.29, 1.82) is 0 Å². The number of anilines is 3. The number of nitrogens with one attached hydrogen (secondary N) is 1. The Bertz CT molecular complexity index is 1290. The van der Waals surface area contributed by atoms with Crippen LogP contribution in [0.15, 0.2) is 29.4 Å². The quantitative estimate of drug-likeness (QED) is 0.623. The van der Waals surface area contributed by atoms with E-state index in [-0.39, 0.29) is 46.1 Å². The molecule has 1 N–H and O–H groups in total. The molecule has 36 heavy (non-hydrogen) atoms. The Morgan fingerprint density at radius 1 is 1.22 bits per heavy atom. The molecule has 2 aromatic rings. The monoisotopic (exact) mass is 537 g/mol. The fraction of sp³-hybridized carbons (Fsp3) is 0.478. The predicted octanol–water partition coefficient (Wildman–Crippen LogP) is 3.40. The average molecular weight is 538 g/mol. The maximum Gasteiger partial charge on any atom is 0.410 e. The Morgan fingerprint density at radius 2 is 1.92 bits per heavy atom. The third kappa shape index (κ3) is 5.65. The van der Waals surface area contributed by atoms with Gasteiger partial charge in [0, 0.05) is 25.4 Å². The van der Waals surface area contributed by atoms with Crippen LogP contribution in [0.3, 0.4) is 0 Å². The van der Waals surface area contributed by atoms with Crippen molar-refractivity contribution >= 4 is 50.8 Å². The summed E-state index contributed by atoms with van der Waals surface area (Å²) in [6.07, 6.45) is 3.14. The second-order valence-electron chi connectivity index (χ2n) is 9.66. The number of rotatable bonds is 4. The molecule has 0 saturated carbocycles. The minimum absolute atomic E-state index is 0.0912. The maximum absolute atomic E-state index is 12.9. The minimum atomic E-state index is -3.41. The van der Waals surface area contributed by atoms with Crippen molar-refractivity contribution in [3.63, 3.8) is 0 Å². The molecule has 0 bridgehead atoms. The minimum Gasteiger partial charge on any atom is -0.476 e. The van der Waals surface area contributed by atoms with E-state index in [1.807, 2.05) is 20.8 Å². The standard InChI is InChI=1S/C23H28ClN5O6S/c1-23(2,3)35-22(31)28-9-7-14(8-10-28)29-18(30)12-34-19-20(25-13-26-21(19)29)27-17-6-5-15(11-16(17)24)36(4,32)33/h5-6,11,13-14H,7-10,12H2,1-4H3,(H,25,26,27). The Hall–Kier alpha value is -3.12. The molecule has 2 amide bonds. The van der Waals surface area contributed by atoms with E-state index in [1.165, 1.54) is 24.5 Å². The zero-order valence-electron chi connectivity index (χ0n) is 20.4. The molecule has 0 atom stereocenters. The number of hydrogen-bond donors (Lipinski definition) is 1. The summed E-state index contributed by atoms with van der Waals surface area (Å²) in [6.45, 7) is 6.15. The van der Waals surface area contributed by atoms with Gasteiger partial charge in [0.05, 0.1) is 15.6 Å². The molecule has 194 valence electrons. The van der Waals surface area contributed by atoms with E-state index >= 15 is 0 Å². The highest BCUT2D eigenvalue weighted by molar-refractivity contribution is 7.90. The summed E-state index contributed by atoms with van der Waals surface area (Å²) in [5.41, 5.74) is -0.163. The summed E-state index contributed by atoms with van der Waals surface area (Å²) in [5.74, 6) is 0.661. The van der Waals surface area contributed by atoms with Crippen LogP contribution < -0.4 is 15.0 Å². The van der Waals surface area contributed by atoms with Gasteiger partial charge in [-0.05, 0) is 51.8 Å². The van der Waals surface area contributed by atoms with Crippen LogP contribution in [0, 0.1) is 0 Å². The van der Waals surface area contributed by atoms with Crippen molar-refractivity contribution in [2.75, 3.05) is 36.2 Å². The lowest BCUT2D eigenvalue weighted by Crippen LogP contribution is -2.52. The van der Waals surface area contributed by atoms with E-state index in [1.54, 1.807) is 9.80 Å². The number of benzene rings is 1. The van der Waals surface area contributed by atoms with E-state index < -0.39 is 15.4 Å². The van der Waals surface area contributed by atoms with Crippen LogP contribution in [0.2, 0.25) is 5.02 Å². The second kappa shape index (κ2) is 9.74. The molecular weight excluding hydrogens is 510 g/mol. The first-order chi connectivity index (χ1) is 16.8. The Balaban J connectivity index is 1.54. The molecule has 0 spiro atoms. The Kier molecular flexibility index (Phi) is 7.02. The molecule has 0 unspecified atom stereocenters. The van der Waals surface area contributed by atoms with Crippen molar-refractivity contribution in [3.05, 3.63) is 29.5 Å². The van der Waals surface area contributed by atoms with Gasteiger partial charge in [0.1, 0.15) is 11.9 Å². The van der Waals surface area contributed by atoms with Crippen molar-refractivity contribution in [2.24, 2.45) is 0 Å². The summed E-state index contributed by atoms with van der Waals surface area (Å²) in [6, 6.07) is 4.14. The molecule has 4 rings (SSSR count). The van der Waals surface area contributed by atoms with Gasteiger partial charge in [-0.2, -0.15) is 0 Å². The van der Waals surface area contributed by atoms with Crippen molar-refractivity contribution < 1.29 is 27.5 Å². The topological polar surface area (TPSA) is 131 Å². The van der Waals surface area contributed by atoms with Crippen molar-refractivity contribution in [1.82, 2.24) is 14.9 Å². The third-order valence-electron chi connectivity index (χ3n) is 5.72. The summed E-state index contributed by atoms with van der Waals surface area (Å²) in [7, 11) is -3.41. The first kappa shape index (κ1) is 26.0. The van der Waals surface area contributed by atoms with Gasteiger partial charge in [-0.3, -0.25) is 9.69 Å². The number of ether oxygens (including phenoxy) is 2. The van der Waals surface area contributed by atoms with Gasteiger partial charge in [-0.1, -0.05) is 11.6 Å². The van der Waals surface area contributed by atoms with Gasteiger partial charge < -0.3 is 19.7 Å². The SMILES string of the molecule is CC(C)(C)OC(=O)N1CCC(N2C(=O)COc3c(Nc4ccc(S(C)(=O)=O)cc4Cl)ncnc32)CC1. The Morgan fingerprint density at radius 3 is 2.53 bits per heavy atom. The van der Waals surface area contributed by atoms with Crippen LogP contribution in [-0.4, -0.2) is 72.9 Å². The molecule has 1 aromatic carbocycles. The van der Waals surface area contributed by atoms with E-state index in [0.717, 1.165) is 6.26 Å². The van der Waals surface area contributed by atoms with Crippen LogP contribution in [0.4, 0.5) is 22.1 Å². The molecule has 1 saturated heterocycles. The number of likely N-dealkylation sites (tertiary alicyclic amines) is 1. The van der Waals surface area contributed by atoms with Crippen LogP contribution in [-0.2, 0) is 19.4 Å². The number of halogens is 1. The first-order valence-electron chi connectivity index (χ1n) is 11.4. The largest absolute Gasteiger partial charge is 0.476 e. The second-order valence-corrected chi connectivity index (χ2v) is 12.1. The van der Waals surface area contributed by atoms with Crippen LogP contribution in [0.5, 0.6) is 5.75 Å². The van der Waals surface area contributed by atoms with E-state index in [9.17, 15) is 18.0 Å². The van der Waals surface area contributed by atoms with Crippen molar-refractivity contribution in [2.45, 2.75) is 50.2 Å². The number of piperidine rings is 1. The number of carbonyl (C=O) groups excluding carboxylic acids is 2. The van der Waals surface area contributed by atoms with E-state index in [4.69, 9.17) is 21.1 Å². The predicted molar refractivity (Wildman–Crippen MR) is 134 cm³/mol. The lowest BCUT2D eigenvalue weighted by atomic mass is 10.0. The highest BCUT2D eigenvalue weighted by Crippen LogP contribution is 2.40. The summed E-state index contributed by atoms with van der Waals surface area (Å²) in [4.78, 5) is 37.2. The molecule has 13 heteroatoms. The Labute approximate surface area is 214 Å². The highest BCUT2D eigenvalue weighted by atomic mass is 35.5. The van der Waals surface area contributed by atoms with Crippen LogP contribution in [0.1, 0.15) is 33.6 Å². The maximum atomic E-state index is 12.9. The number of fused-ring (bicyclic) bond motifs is 1. The van der Waals surface area contributed by atoms with E-state index in [2.05, 4.69) is 15.3 Å². The number of hydrogen-bond acceptors (Lipinski definition) is 9. The van der Waals surface area contributed by atoms with Crippen LogP contribution >= 0.6 is 11.6 Å². The van der Waals surface area contributed by atoms with Gasteiger partial charge in [-0.25, -0.2) is 23.2 Å². The molecule has 3 heterocycles. The van der Waals surface area contributed by atoms with E-state index in [0.29, 0.717) is 37.4 Å². The molecule has 2 aliphatic heterocycles. The summed E-state index contributed by atoms with van der Waals surface area (Å²) >= 11 is 6.30. The summed E-state index contributed by atoms with van der Waals surface area (Å²) < 4.78 is 34.7. The molecule has 1 fully saturated rings. The first-order valence-corrected chi connectivity index (χ1v) is 13.6. The fourth-order valence-electron chi connectivity index (χ4n) is 4.04. The number of nitrogens with zero attached hydrogens (tertiary/aromatic N) is 4. The number of sulfone groups is 1. The number of amides is 2. The summed E-state index contributed by atoms with van der Waals surface area (Å²) in [5, 5.41) is 3.23. The average Bonchev–Trinajstić information content (AvgIpc) is 2.79. The van der Waals surface area contributed by atoms with Gasteiger partial charge >= 0.3 is 6.09 Å².